The molecule has 2 heterocycles. The number of rotatable bonds is 1. The van der Waals surface area contributed by atoms with E-state index in [0.717, 1.165) is 27.4 Å². The molecule has 2 aromatic rings. The van der Waals surface area contributed by atoms with E-state index in [1.807, 2.05) is 24.5 Å². The van der Waals surface area contributed by atoms with Crippen LogP contribution in [0.3, 0.4) is 0 Å². The van der Waals surface area contributed by atoms with E-state index in [-0.39, 0.29) is 0 Å². The van der Waals surface area contributed by atoms with Gasteiger partial charge in [0.1, 0.15) is 11.9 Å². The Morgan fingerprint density at radius 3 is 2.57 bits per heavy atom. The summed E-state index contributed by atoms with van der Waals surface area (Å²) in [5.74, 6) is 0.951. The highest BCUT2D eigenvalue weighted by atomic mass is 79.9. The van der Waals surface area contributed by atoms with E-state index in [9.17, 15) is 0 Å². The van der Waals surface area contributed by atoms with E-state index in [1.54, 1.807) is 0 Å². The van der Waals surface area contributed by atoms with E-state index in [4.69, 9.17) is 0 Å². The molecule has 2 aromatic carbocycles. The molecule has 2 aliphatic heterocycles. The fourth-order valence-corrected chi connectivity index (χ4v) is 3.18. The number of halogens is 1. The Morgan fingerprint density at radius 1 is 1.00 bits per heavy atom. The van der Waals surface area contributed by atoms with Crippen LogP contribution in [0.15, 0.2) is 69.2 Å². The predicted molar refractivity (Wildman–Crippen MR) is 91.9 cm³/mol. The largest absolute Gasteiger partial charge is 0.256 e. The summed E-state index contributed by atoms with van der Waals surface area (Å²) < 4.78 is 1.65. The van der Waals surface area contributed by atoms with Crippen LogP contribution in [0.1, 0.15) is 5.56 Å². The number of hydrogen-bond donors (Lipinski definition) is 0. The summed E-state index contributed by atoms with van der Waals surface area (Å²) in [6.07, 6.45) is 3.82. The lowest BCUT2D eigenvalue weighted by Crippen LogP contribution is -2.48. The maximum absolute atomic E-state index is 4.57. The minimum Gasteiger partial charge on any atom is -0.242 e. The quantitative estimate of drug-likeness (QED) is 0.683. The van der Waals surface area contributed by atoms with E-state index < -0.39 is 0 Å². The Kier molecular flexibility index (Phi) is 2.71. The van der Waals surface area contributed by atoms with Crippen LogP contribution in [-0.4, -0.2) is 19.1 Å². The lowest BCUT2D eigenvalue weighted by atomic mass is 10.1. The van der Waals surface area contributed by atoms with Crippen molar-refractivity contribution in [3.05, 3.63) is 64.8 Å². The van der Waals surface area contributed by atoms with Crippen LogP contribution in [0.2, 0.25) is 0 Å². The summed E-state index contributed by atoms with van der Waals surface area (Å²) in [5.41, 5.74) is 4.50. The Balaban J connectivity index is 1.91. The molecule has 0 saturated heterocycles. The zero-order valence-corrected chi connectivity index (χ0v) is 13.1. The topological polar surface area (TPSA) is 24.7 Å². The third-order valence-electron chi connectivity index (χ3n) is 4.08. The molecule has 3 nitrogen and oxygen atoms in total. The second-order valence-electron chi connectivity index (χ2n) is 5.26. The molecule has 0 aromatic heterocycles. The number of nitrogens with zero attached hydrogens (tertiary/aromatic N) is 3. The molecule has 0 saturated carbocycles. The Morgan fingerprint density at radius 2 is 1.76 bits per heavy atom. The molecule has 102 valence electrons. The van der Waals surface area contributed by atoms with Crippen molar-refractivity contribution in [1.29, 1.82) is 0 Å². The summed E-state index contributed by atoms with van der Waals surface area (Å²) >= 11 is 3.49. The predicted octanol–water partition coefficient (Wildman–Crippen LogP) is 4.51. The fourth-order valence-electron chi connectivity index (χ4n) is 2.92. The van der Waals surface area contributed by atoms with Crippen molar-refractivity contribution in [3.8, 4) is 0 Å². The van der Waals surface area contributed by atoms with E-state index in [0.29, 0.717) is 4.48 Å². The molecule has 0 spiro atoms. The van der Waals surface area contributed by atoms with Gasteiger partial charge in [-0.1, -0.05) is 28.1 Å². The zero-order chi connectivity index (χ0) is 14.4. The van der Waals surface area contributed by atoms with Crippen molar-refractivity contribution in [2.45, 2.75) is 0 Å². The Hall–Kier alpha value is -2.04. The van der Waals surface area contributed by atoms with Crippen molar-refractivity contribution in [2.75, 3.05) is 7.05 Å². The molecule has 1 unspecified atom stereocenters. The molecule has 21 heavy (non-hydrogen) atoms. The number of aliphatic imine (C=N–C) groups is 2. The van der Waals surface area contributed by atoms with Crippen molar-refractivity contribution in [3.63, 3.8) is 0 Å². The number of quaternary nitrogens is 1. The number of amidine groups is 1. The van der Waals surface area contributed by atoms with Crippen molar-refractivity contribution < 1.29 is 0 Å². The molecule has 0 amide bonds. The highest BCUT2D eigenvalue weighted by Crippen LogP contribution is 2.44. The van der Waals surface area contributed by atoms with Gasteiger partial charge in [0.05, 0.1) is 13.2 Å². The highest BCUT2D eigenvalue weighted by Gasteiger charge is 2.44. The number of benzene rings is 2. The maximum Gasteiger partial charge on any atom is 0.256 e. The number of hydrogen-bond acceptors (Lipinski definition) is 2. The first-order valence-electron chi connectivity index (χ1n) is 6.75. The average Bonchev–Trinajstić information content (AvgIpc) is 2.86. The molecule has 0 bridgehead atoms. The van der Waals surface area contributed by atoms with Gasteiger partial charge in [-0.3, -0.25) is 0 Å². The normalized spacial score (nSPS) is 22.4. The average molecular weight is 339 g/mol. The second-order valence-corrected chi connectivity index (χ2v) is 6.18. The molecule has 2 aliphatic rings. The zero-order valence-electron chi connectivity index (χ0n) is 11.5. The molecular formula is C17H13BrN3+. The molecule has 4 rings (SSSR count). The molecule has 0 radical (unpaired) electrons. The second kappa shape index (κ2) is 4.48. The molecule has 0 N–H and O–H groups in total. The summed E-state index contributed by atoms with van der Waals surface area (Å²) in [6, 6.07) is 16.6. The standard InChI is InChI=1S/C17H13BrN3/c1-21-15-5-3-2-4-14(15)19-11-17(21)20-10-16(21)12-6-8-13(18)9-7-12/h2-11H,1H3/q+1. The number of fused-ring (bicyclic) bond motifs is 3. The highest BCUT2D eigenvalue weighted by molar-refractivity contribution is 9.10. The minimum atomic E-state index is 0.571. The van der Waals surface area contributed by atoms with Crippen molar-refractivity contribution in [2.24, 2.45) is 9.98 Å². The van der Waals surface area contributed by atoms with Crippen molar-refractivity contribution >= 4 is 45.1 Å². The minimum absolute atomic E-state index is 0.571. The van der Waals surface area contributed by atoms with Crippen LogP contribution >= 0.6 is 15.9 Å². The van der Waals surface area contributed by atoms with E-state index in [2.05, 4.69) is 69.4 Å². The third-order valence-corrected chi connectivity index (χ3v) is 4.61. The first-order valence-corrected chi connectivity index (χ1v) is 7.54. The summed E-state index contributed by atoms with van der Waals surface area (Å²) in [4.78, 5) is 9.09. The summed E-state index contributed by atoms with van der Waals surface area (Å²) in [5, 5.41) is 0. The van der Waals surface area contributed by atoms with Gasteiger partial charge in [0, 0.05) is 16.1 Å². The lowest BCUT2D eigenvalue weighted by molar-refractivity contribution is 0.698. The van der Waals surface area contributed by atoms with Gasteiger partial charge in [0.25, 0.3) is 5.84 Å². The fraction of sp³-hybridized carbons (Fsp3) is 0.0588. The summed E-state index contributed by atoms with van der Waals surface area (Å²) in [6.45, 7) is 0. The third kappa shape index (κ3) is 1.76. The molecule has 0 aliphatic carbocycles. The SMILES string of the molecule is C[N+]12C(c3ccc(Br)cc3)=CN=C1C=Nc1ccccc12. The van der Waals surface area contributed by atoms with Gasteiger partial charge < -0.3 is 0 Å². The lowest BCUT2D eigenvalue weighted by Gasteiger charge is -2.33. The van der Waals surface area contributed by atoms with Crippen LogP contribution in [-0.2, 0) is 0 Å². The smallest absolute Gasteiger partial charge is 0.242 e. The van der Waals surface area contributed by atoms with Crippen LogP contribution < -0.4 is 4.48 Å². The first kappa shape index (κ1) is 12.7. The maximum atomic E-state index is 4.57. The van der Waals surface area contributed by atoms with Crippen LogP contribution in [0.4, 0.5) is 11.4 Å². The van der Waals surface area contributed by atoms with Crippen LogP contribution in [0.25, 0.3) is 5.70 Å². The molecular weight excluding hydrogens is 326 g/mol. The van der Waals surface area contributed by atoms with E-state index >= 15 is 0 Å². The van der Waals surface area contributed by atoms with Crippen LogP contribution in [0.5, 0.6) is 0 Å². The summed E-state index contributed by atoms with van der Waals surface area (Å²) in [7, 11) is 2.17. The van der Waals surface area contributed by atoms with Crippen molar-refractivity contribution in [1.82, 2.24) is 4.48 Å². The monoisotopic (exact) mass is 338 g/mol. The van der Waals surface area contributed by atoms with E-state index in [1.165, 1.54) is 5.56 Å². The molecule has 0 fully saturated rings. The Bertz CT molecular complexity index is 818. The van der Waals surface area contributed by atoms with Gasteiger partial charge in [-0.15, -0.1) is 0 Å². The van der Waals surface area contributed by atoms with Gasteiger partial charge in [-0.05, 0) is 30.3 Å². The number of para-hydroxylation sites is 2. The van der Waals surface area contributed by atoms with Gasteiger partial charge in [-0.2, -0.15) is 4.99 Å². The molecule has 4 heteroatoms. The van der Waals surface area contributed by atoms with Gasteiger partial charge in [0.2, 0.25) is 0 Å². The first-order chi connectivity index (χ1) is 10.2. The van der Waals surface area contributed by atoms with Gasteiger partial charge >= 0.3 is 0 Å². The molecule has 1 atom stereocenters. The van der Waals surface area contributed by atoms with Gasteiger partial charge in [-0.25, -0.2) is 9.48 Å². The Labute approximate surface area is 131 Å². The van der Waals surface area contributed by atoms with Crippen LogP contribution in [0, 0.1) is 0 Å². The van der Waals surface area contributed by atoms with Gasteiger partial charge in [0.15, 0.2) is 11.4 Å².